The normalized spacial score (nSPS) is 12.0. The van der Waals surface area contributed by atoms with Crippen LogP contribution in [-0.4, -0.2) is 38.4 Å². The lowest BCUT2D eigenvalue weighted by atomic mass is 10.1. The molecule has 5 nitrogen and oxygen atoms in total. The third kappa shape index (κ3) is 4.17. The number of para-hydroxylation sites is 1. The van der Waals surface area contributed by atoms with Crippen molar-refractivity contribution in [3.05, 3.63) is 29.6 Å². The van der Waals surface area contributed by atoms with Gasteiger partial charge in [0.1, 0.15) is 5.82 Å². The summed E-state index contributed by atoms with van der Waals surface area (Å²) in [4.78, 5) is 12.2. The van der Waals surface area contributed by atoms with E-state index in [0.29, 0.717) is 6.54 Å². The minimum Gasteiger partial charge on any atom is -0.382 e. The van der Waals surface area contributed by atoms with Crippen molar-refractivity contribution in [1.82, 2.24) is 5.32 Å². The van der Waals surface area contributed by atoms with E-state index in [1.54, 1.807) is 6.92 Å². The van der Waals surface area contributed by atoms with Crippen molar-refractivity contribution in [2.24, 2.45) is 0 Å². The van der Waals surface area contributed by atoms with Gasteiger partial charge in [-0.25, -0.2) is 12.8 Å². The Labute approximate surface area is 124 Å². The van der Waals surface area contributed by atoms with Crippen molar-refractivity contribution < 1.29 is 17.6 Å². The summed E-state index contributed by atoms with van der Waals surface area (Å²) in [7, 11) is -3.31. The van der Waals surface area contributed by atoms with Gasteiger partial charge in [0, 0.05) is 19.3 Å². The first-order chi connectivity index (χ1) is 9.60. The molecule has 0 aliphatic rings. The molecule has 0 atom stereocenters. The van der Waals surface area contributed by atoms with E-state index >= 15 is 0 Å². The van der Waals surface area contributed by atoms with Gasteiger partial charge in [-0.15, -0.1) is 0 Å². The summed E-state index contributed by atoms with van der Waals surface area (Å²) in [6.45, 7) is 5.27. The van der Waals surface area contributed by atoms with Gasteiger partial charge < -0.3 is 10.6 Å². The Kier molecular flexibility index (Phi) is 5.33. The van der Waals surface area contributed by atoms with E-state index in [2.05, 4.69) is 10.6 Å². The number of anilines is 1. The van der Waals surface area contributed by atoms with E-state index in [1.165, 1.54) is 32.0 Å². The molecule has 0 aliphatic heterocycles. The number of halogens is 1. The van der Waals surface area contributed by atoms with Crippen molar-refractivity contribution in [2.45, 2.75) is 25.5 Å². The van der Waals surface area contributed by atoms with Crippen molar-refractivity contribution in [1.29, 1.82) is 0 Å². The topological polar surface area (TPSA) is 75.3 Å². The van der Waals surface area contributed by atoms with Crippen molar-refractivity contribution in [3.63, 3.8) is 0 Å². The van der Waals surface area contributed by atoms with E-state index in [9.17, 15) is 17.6 Å². The van der Waals surface area contributed by atoms with Crippen LogP contribution in [0.15, 0.2) is 18.2 Å². The Balaban J connectivity index is 2.94. The first-order valence-corrected chi connectivity index (χ1v) is 8.49. The molecule has 2 N–H and O–H groups in total. The molecule has 0 saturated carbocycles. The monoisotopic (exact) mass is 316 g/mol. The van der Waals surface area contributed by atoms with Gasteiger partial charge >= 0.3 is 0 Å². The number of carbonyl (C=O) groups excluding carboxylic acids is 1. The predicted molar refractivity (Wildman–Crippen MR) is 81.8 cm³/mol. The van der Waals surface area contributed by atoms with Gasteiger partial charge in [-0.1, -0.05) is 6.07 Å². The first kappa shape index (κ1) is 17.4. The van der Waals surface area contributed by atoms with Gasteiger partial charge in [-0.2, -0.15) is 0 Å². The molecular formula is C14H21FN2O3S. The van der Waals surface area contributed by atoms with Crippen LogP contribution in [0.4, 0.5) is 10.1 Å². The summed E-state index contributed by atoms with van der Waals surface area (Å²) < 4.78 is 35.8. The molecule has 1 aromatic carbocycles. The molecule has 0 heterocycles. The second kappa shape index (κ2) is 6.43. The fourth-order valence-electron chi connectivity index (χ4n) is 1.59. The number of amides is 1. The average Bonchev–Trinajstić information content (AvgIpc) is 2.37. The average molecular weight is 316 g/mol. The lowest BCUT2D eigenvalue weighted by molar-refractivity contribution is 0.0951. The minimum atomic E-state index is -3.31. The molecule has 0 unspecified atom stereocenters. The quantitative estimate of drug-likeness (QED) is 0.839. The fraction of sp³-hybridized carbons (Fsp3) is 0.500. The summed E-state index contributed by atoms with van der Waals surface area (Å²) in [6, 6.07) is 4.19. The van der Waals surface area contributed by atoms with Gasteiger partial charge in [-0.05, 0) is 32.9 Å². The second-order valence-corrected chi connectivity index (χ2v) is 8.06. The van der Waals surface area contributed by atoms with Crippen LogP contribution >= 0.6 is 0 Å². The Hall–Kier alpha value is -1.63. The molecule has 1 amide bonds. The van der Waals surface area contributed by atoms with E-state index in [4.69, 9.17) is 0 Å². The second-order valence-electron chi connectivity index (χ2n) is 5.41. The molecule has 0 spiro atoms. The van der Waals surface area contributed by atoms with Gasteiger partial charge in [0.25, 0.3) is 5.91 Å². The molecule has 7 heteroatoms. The maximum Gasteiger partial charge on any atom is 0.253 e. The number of hydrogen-bond acceptors (Lipinski definition) is 4. The lowest BCUT2D eigenvalue weighted by Gasteiger charge is -2.23. The largest absolute Gasteiger partial charge is 0.382 e. The number of rotatable bonds is 6. The maximum atomic E-state index is 13.7. The van der Waals surface area contributed by atoms with Crippen LogP contribution in [0.3, 0.4) is 0 Å². The third-order valence-electron chi connectivity index (χ3n) is 3.29. The smallest absolute Gasteiger partial charge is 0.253 e. The van der Waals surface area contributed by atoms with E-state index in [0.717, 1.165) is 6.26 Å². The minimum absolute atomic E-state index is 0.0489. The predicted octanol–water partition coefficient (Wildman–Crippen LogP) is 1.81. The number of sulfone groups is 1. The molecule has 0 bridgehead atoms. The van der Waals surface area contributed by atoms with Crippen LogP contribution in [0.1, 0.15) is 31.1 Å². The third-order valence-corrected chi connectivity index (χ3v) is 5.44. The highest BCUT2D eigenvalue weighted by molar-refractivity contribution is 7.92. The van der Waals surface area contributed by atoms with E-state index < -0.39 is 26.3 Å². The van der Waals surface area contributed by atoms with Crippen LogP contribution < -0.4 is 10.6 Å². The lowest BCUT2D eigenvalue weighted by Crippen LogP contribution is -2.43. The maximum absolute atomic E-state index is 13.7. The van der Waals surface area contributed by atoms with Crippen molar-refractivity contribution in [2.75, 3.05) is 24.7 Å². The van der Waals surface area contributed by atoms with Crippen LogP contribution in [0.2, 0.25) is 0 Å². The van der Waals surface area contributed by atoms with Gasteiger partial charge in [0.05, 0.1) is 16.0 Å². The van der Waals surface area contributed by atoms with Gasteiger partial charge in [-0.3, -0.25) is 4.79 Å². The summed E-state index contributed by atoms with van der Waals surface area (Å²) in [5.74, 6) is -1.03. The Morgan fingerprint density at radius 3 is 2.48 bits per heavy atom. The van der Waals surface area contributed by atoms with Gasteiger partial charge in [0.15, 0.2) is 9.84 Å². The summed E-state index contributed by atoms with van der Waals surface area (Å²) in [5.41, 5.74) is 0.274. The van der Waals surface area contributed by atoms with Gasteiger partial charge in [0.2, 0.25) is 0 Å². The zero-order valence-corrected chi connectivity index (χ0v) is 13.5. The molecule has 0 fully saturated rings. The fourth-order valence-corrected chi connectivity index (χ4v) is 1.92. The Bertz CT molecular complexity index is 627. The highest BCUT2D eigenvalue weighted by Gasteiger charge is 2.31. The molecule has 0 radical (unpaired) electrons. The number of nitrogens with one attached hydrogen (secondary N) is 2. The molecule has 21 heavy (non-hydrogen) atoms. The van der Waals surface area contributed by atoms with Crippen molar-refractivity contribution in [3.8, 4) is 0 Å². The van der Waals surface area contributed by atoms with Crippen LogP contribution in [-0.2, 0) is 9.84 Å². The molecule has 0 aliphatic carbocycles. The number of benzene rings is 1. The van der Waals surface area contributed by atoms with Crippen LogP contribution in [0.5, 0.6) is 0 Å². The zero-order chi connectivity index (χ0) is 16.3. The zero-order valence-electron chi connectivity index (χ0n) is 12.7. The summed E-state index contributed by atoms with van der Waals surface area (Å²) in [6.07, 6.45) is 1.12. The first-order valence-electron chi connectivity index (χ1n) is 6.60. The van der Waals surface area contributed by atoms with E-state index in [-0.39, 0.29) is 17.8 Å². The molecule has 1 rings (SSSR count). The highest BCUT2D eigenvalue weighted by Crippen LogP contribution is 2.20. The molecule has 0 aromatic heterocycles. The van der Waals surface area contributed by atoms with E-state index in [1.807, 2.05) is 0 Å². The standard InChI is InChI=1S/C14H21FN2O3S/c1-5-16-12-10(7-6-8-11(12)15)13(18)17-9-14(2,3)21(4,19)20/h6-8,16H,5,9H2,1-4H3,(H,17,18). The number of hydrogen-bond donors (Lipinski definition) is 2. The molecular weight excluding hydrogens is 295 g/mol. The van der Waals surface area contributed by atoms with Crippen LogP contribution in [0, 0.1) is 5.82 Å². The molecule has 0 saturated heterocycles. The highest BCUT2D eigenvalue weighted by atomic mass is 32.2. The summed E-state index contributed by atoms with van der Waals surface area (Å²) in [5, 5.41) is 5.35. The van der Waals surface area contributed by atoms with Crippen molar-refractivity contribution >= 4 is 21.4 Å². The molecule has 1 aromatic rings. The Morgan fingerprint density at radius 2 is 1.95 bits per heavy atom. The SMILES string of the molecule is CCNc1c(F)cccc1C(=O)NCC(C)(C)S(C)(=O)=O. The summed E-state index contributed by atoms with van der Waals surface area (Å²) >= 11 is 0. The van der Waals surface area contributed by atoms with Crippen LogP contribution in [0.25, 0.3) is 0 Å². The molecule has 118 valence electrons. The number of carbonyl (C=O) groups is 1. The Morgan fingerprint density at radius 1 is 1.33 bits per heavy atom.